The fourth-order valence-corrected chi connectivity index (χ4v) is 2.69. The Morgan fingerprint density at radius 1 is 1.39 bits per heavy atom. The Morgan fingerprint density at radius 3 is 2.56 bits per heavy atom. The first-order valence-corrected chi connectivity index (χ1v) is 6.95. The van der Waals surface area contributed by atoms with Gasteiger partial charge in [0.2, 0.25) is 0 Å². The van der Waals surface area contributed by atoms with Gasteiger partial charge in [0.05, 0.1) is 5.02 Å². The third-order valence-corrected chi connectivity index (χ3v) is 4.63. The Hall–Kier alpha value is -1.02. The van der Waals surface area contributed by atoms with Crippen LogP contribution < -0.4 is 4.90 Å². The van der Waals surface area contributed by atoms with E-state index in [1.165, 1.54) is 19.3 Å². The second-order valence-corrected chi connectivity index (χ2v) is 5.88. The van der Waals surface area contributed by atoms with Gasteiger partial charge >= 0.3 is 0 Å². The van der Waals surface area contributed by atoms with E-state index >= 15 is 0 Å². The standard InChI is InChI=1S/C15H20ClNO/c1-3-15(2)6-8-17(9-7-15)13-5-4-12(11-18)14(16)10-13/h4-5,10-11H,3,6-9H2,1-2H3. The van der Waals surface area contributed by atoms with Crippen LogP contribution in [0.4, 0.5) is 5.69 Å². The highest BCUT2D eigenvalue weighted by Gasteiger charge is 2.28. The average molecular weight is 266 g/mol. The van der Waals surface area contributed by atoms with E-state index in [-0.39, 0.29) is 0 Å². The number of rotatable bonds is 3. The number of anilines is 1. The molecule has 1 fully saturated rings. The molecule has 1 aliphatic rings. The van der Waals surface area contributed by atoms with Gasteiger partial charge in [0.25, 0.3) is 0 Å². The van der Waals surface area contributed by atoms with E-state index < -0.39 is 0 Å². The van der Waals surface area contributed by atoms with E-state index in [2.05, 4.69) is 18.7 Å². The lowest BCUT2D eigenvalue weighted by atomic mass is 9.78. The minimum atomic E-state index is 0.489. The van der Waals surface area contributed by atoms with Crippen molar-refractivity contribution < 1.29 is 4.79 Å². The predicted molar refractivity (Wildman–Crippen MR) is 76.7 cm³/mol. The van der Waals surface area contributed by atoms with Crippen LogP contribution in [0.2, 0.25) is 5.02 Å². The lowest BCUT2D eigenvalue weighted by Crippen LogP contribution is -2.38. The highest BCUT2D eigenvalue weighted by Crippen LogP contribution is 2.36. The maximum absolute atomic E-state index is 10.7. The third-order valence-electron chi connectivity index (χ3n) is 4.30. The van der Waals surface area contributed by atoms with Gasteiger partial charge in [-0.2, -0.15) is 0 Å². The van der Waals surface area contributed by atoms with Crippen LogP contribution in [0.25, 0.3) is 0 Å². The van der Waals surface area contributed by atoms with Crippen LogP contribution >= 0.6 is 11.6 Å². The van der Waals surface area contributed by atoms with E-state index in [1.807, 2.05) is 12.1 Å². The number of nitrogens with zero attached hydrogens (tertiary/aromatic N) is 1. The van der Waals surface area contributed by atoms with Crippen molar-refractivity contribution in [3.63, 3.8) is 0 Å². The largest absolute Gasteiger partial charge is 0.371 e. The first kappa shape index (κ1) is 13.4. The molecule has 0 radical (unpaired) electrons. The first-order valence-electron chi connectivity index (χ1n) is 6.58. The summed E-state index contributed by atoms with van der Waals surface area (Å²) in [6.45, 7) is 6.78. The third kappa shape index (κ3) is 2.69. The Balaban J connectivity index is 2.10. The number of aldehydes is 1. The van der Waals surface area contributed by atoms with Gasteiger partial charge in [-0.05, 0) is 36.5 Å². The number of hydrogen-bond acceptors (Lipinski definition) is 2. The number of halogens is 1. The van der Waals surface area contributed by atoms with Gasteiger partial charge in [-0.3, -0.25) is 4.79 Å². The maximum Gasteiger partial charge on any atom is 0.151 e. The number of carbonyl (C=O) groups is 1. The molecule has 0 spiro atoms. The summed E-state index contributed by atoms with van der Waals surface area (Å²) in [4.78, 5) is 13.1. The minimum absolute atomic E-state index is 0.489. The summed E-state index contributed by atoms with van der Waals surface area (Å²) in [5.41, 5.74) is 2.18. The van der Waals surface area contributed by atoms with Crippen LogP contribution in [0, 0.1) is 5.41 Å². The first-order chi connectivity index (χ1) is 8.58. The zero-order valence-corrected chi connectivity index (χ0v) is 11.8. The van der Waals surface area contributed by atoms with E-state index in [9.17, 15) is 4.79 Å². The molecule has 98 valence electrons. The van der Waals surface area contributed by atoms with Crippen LogP contribution in [0.1, 0.15) is 43.5 Å². The van der Waals surface area contributed by atoms with Crippen molar-refractivity contribution in [2.24, 2.45) is 5.41 Å². The van der Waals surface area contributed by atoms with E-state index in [4.69, 9.17) is 11.6 Å². The molecule has 0 N–H and O–H groups in total. The lowest BCUT2D eigenvalue weighted by molar-refractivity contribution is 0.112. The van der Waals surface area contributed by atoms with Crippen LogP contribution in [0.5, 0.6) is 0 Å². The molecule has 0 bridgehead atoms. The van der Waals surface area contributed by atoms with Gasteiger partial charge in [0.1, 0.15) is 0 Å². The topological polar surface area (TPSA) is 20.3 Å². The molecule has 1 aromatic carbocycles. The van der Waals surface area contributed by atoms with E-state index in [0.29, 0.717) is 16.0 Å². The monoisotopic (exact) mass is 265 g/mol. The minimum Gasteiger partial charge on any atom is -0.371 e. The number of piperidine rings is 1. The Labute approximate surface area is 114 Å². The lowest BCUT2D eigenvalue weighted by Gasteiger charge is -2.40. The fraction of sp³-hybridized carbons (Fsp3) is 0.533. The molecule has 1 aromatic rings. The van der Waals surface area contributed by atoms with Crippen molar-refractivity contribution in [2.75, 3.05) is 18.0 Å². The Kier molecular flexibility index (Phi) is 3.96. The van der Waals surface area contributed by atoms with Crippen LogP contribution in [-0.2, 0) is 0 Å². The molecule has 0 amide bonds. The Bertz CT molecular complexity index is 436. The molecule has 2 nitrogen and oxygen atoms in total. The molecule has 0 aromatic heterocycles. The molecule has 0 aliphatic carbocycles. The van der Waals surface area contributed by atoms with Crippen LogP contribution in [0.3, 0.4) is 0 Å². The molecule has 0 unspecified atom stereocenters. The molecule has 0 atom stereocenters. The molecule has 1 saturated heterocycles. The Morgan fingerprint density at radius 2 is 2.06 bits per heavy atom. The molecular weight excluding hydrogens is 246 g/mol. The zero-order valence-electron chi connectivity index (χ0n) is 11.1. The van der Waals surface area contributed by atoms with Gasteiger partial charge in [-0.25, -0.2) is 0 Å². The number of carbonyl (C=O) groups excluding carboxylic acids is 1. The smallest absolute Gasteiger partial charge is 0.151 e. The summed E-state index contributed by atoms with van der Waals surface area (Å²) in [5, 5.41) is 0.548. The van der Waals surface area contributed by atoms with E-state index in [1.54, 1.807) is 6.07 Å². The summed E-state index contributed by atoms with van der Waals surface area (Å²) in [7, 11) is 0. The van der Waals surface area contributed by atoms with Crippen molar-refractivity contribution in [1.29, 1.82) is 0 Å². The van der Waals surface area contributed by atoms with Crippen LogP contribution in [0.15, 0.2) is 18.2 Å². The second-order valence-electron chi connectivity index (χ2n) is 5.47. The molecule has 18 heavy (non-hydrogen) atoms. The normalized spacial score (nSPS) is 18.7. The number of hydrogen-bond donors (Lipinski definition) is 0. The van der Waals surface area contributed by atoms with Gasteiger partial charge in [0.15, 0.2) is 6.29 Å². The van der Waals surface area contributed by atoms with Crippen molar-refractivity contribution in [3.05, 3.63) is 28.8 Å². The molecule has 1 aliphatic heterocycles. The van der Waals surface area contributed by atoms with Crippen molar-refractivity contribution in [1.82, 2.24) is 0 Å². The summed E-state index contributed by atoms with van der Waals surface area (Å²) in [6.07, 6.45) is 4.48. The molecule has 1 heterocycles. The van der Waals surface area contributed by atoms with Crippen molar-refractivity contribution >= 4 is 23.6 Å². The SMILES string of the molecule is CCC1(C)CCN(c2ccc(C=O)c(Cl)c2)CC1. The fourth-order valence-electron chi connectivity index (χ4n) is 2.47. The maximum atomic E-state index is 10.7. The quantitative estimate of drug-likeness (QED) is 0.765. The molecule has 2 rings (SSSR count). The molecule has 0 saturated carbocycles. The van der Waals surface area contributed by atoms with Crippen molar-refractivity contribution in [2.45, 2.75) is 33.1 Å². The van der Waals surface area contributed by atoms with E-state index in [0.717, 1.165) is 25.1 Å². The molecule has 3 heteroatoms. The van der Waals surface area contributed by atoms with Gasteiger partial charge in [-0.15, -0.1) is 0 Å². The van der Waals surface area contributed by atoms with Gasteiger partial charge < -0.3 is 4.90 Å². The summed E-state index contributed by atoms with van der Waals surface area (Å²) in [5.74, 6) is 0. The highest BCUT2D eigenvalue weighted by atomic mass is 35.5. The second kappa shape index (κ2) is 5.31. The van der Waals surface area contributed by atoms with Crippen molar-refractivity contribution in [3.8, 4) is 0 Å². The summed E-state index contributed by atoms with van der Waals surface area (Å²) < 4.78 is 0. The van der Waals surface area contributed by atoms with Gasteiger partial charge in [-0.1, -0.05) is 31.9 Å². The molecular formula is C15H20ClNO. The predicted octanol–water partition coefficient (Wildman–Crippen LogP) is 4.17. The number of benzene rings is 1. The van der Waals surface area contributed by atoms with Crippen LogP contribution in [-0.4, -0.2) is 19.4 Å². The zero-order chi connectivity index (χ0) is 13.2. The van der Waals surface area contributed by atoms with Gasteiger partial charge in [0, 0.05) is 24.3 Å². The summed E-state index contributed by atoms with van der Waals surface area (Å²) >= 11 is 6.07. The highest BCUT2D eigenvalue weighted by molar-refractivity contribution is 6.33. The average Bonchev–Trinajstić information content (AvgIpc) is 2.39. The summed E-state index contributed by atoms with van der Waals surface area (Å²) in [6, 6.07) is 5.70.